The molecule has 34 heavy (non-hydrogen) atoms. The predicted molar refractivity (Wildman–Crippen MR) is 141 cm³/mol. The summed E-state index contributed by atoms with van der Waals surface area (Å²) in [4.78, 5) is 29.8. The average Bonchev–Trinajstić information content (AvgIpc) is 2.85. The van der Waals surface area contributed by atoms with Crippen molar-refractivity contribution in [1.29, 1.82) is 0 Å². The van der Waals surface area contributed by atoms with Gasteiger partial charge in [-0.1, -0.05) is 42.5 Å². The molecule has 178 valence electrons. The molecular formula is C26H27BrClN3O3. The van der Waals surface area contributed by atoms with E-state index in [2.05, 4.69) is 55.3 Å². The summed E-state index contributed by atoms with van der Waals surface area (Å²) in [6.45, 7) is 4.38. The lowest BCUT2D eigenvalue weighted by Gasteiger charge is -2.37. The number of esters is 1. The minimum Gasteiger partial charge on any atom is -0.465 e. The van der Waals surface area contributed by atoms with Gasteiger partial charge in [0.25, 0.3) is 5.91 Å². The zero-order chi connectivity index (χ0) is 23.2. The molecule has 1 amide bonds. The molecule has 4 rings (SSSR count). The van der Waals surface area contributed by atoms with Crippen molar-refractivity contribution in [2.45, 2.75) is 6.54 Å². The van der Waals surface area contributed by atoms with Gasteiger partial charge in [0.05, 0.1) is 29.6 Å². The molecule has 0 atom stereocenters. The number of piperazine rings is 1. The molecule has 0 bridgehead atoms. The van der Waals surface area contributed by atoms with Crippen LogP contribution in [-0.4, -0.2) is 50.1 Å². The van der Waals surface area contributed by atoms with Gasteiger partial charge >= 0.3 is 5.97 Å². The lowest BCUT2D eigenvalue weighted by Crippen LogP contribution is -2.46. The SMILES string of the molecule is COC(=O)c1ccc(N2CCN(Cc3ccccc3)CC2)c(NC(=O)c2ccccc2Br)c1.Cl. The van der Waals surface area contributed by atoms with Crippen LogP contribution in [0.4, 0.5) is 11.4 Å². The number of hydrogen-bond donors (Lipinski definition) is 1. The largest absolute Gasteiger partial charge is 0.465 e. The minimum absolute atomic E-state index is 0. The van der Waals surface area contributed by atoms with Crippen molar-refractivity contribution in [3.63, 3.8) is 0 Å². The van der Waals surface area contributed by atoms with Crippen molar-refractivity contribution in [3.8, 4) is 0 Å². The third-order valence-electron chi connectivity index (χ3n) is 5.75. The number of hydrogen-bond acceptors (Lipinski definition) is 5. The molecule has 1 aliphatic heterocycles. The van der Waals surface area contributed by atoms with E-state index >= 15 is 0 Å². The van der Waals surface area contributed by atoms with Gasteiger partial charge in [0.15, 0.2) is 0 Å². The number of ether oxygens (including phenoxy) is 1. The molecule has 1 aliphatic rings. The first kappa shape index (κ1) is 25.7. The van der Waals surface area contributed by atoms with Crippen LogP contribution >= 0.6 is 28.3 Å². The number of nitrogens with zero attached hydrogens (tertiary/aromatic N) is 2. The van der Waals surface area contributed by atoms with Crippen LogP contribution in [0.3, 0.4) is 0 Å². The number of anilines is 2. The van der Waals surface area contributed by atoms with Gasteiger partial charge in [0.2, 0.25) is 0 Å². The fourth-order valence-corrected chi connectivity index (χ4v) is 4.45. The molecule has 0 radical (unpaired) electrons. The molecule has 0 unspecified atom stereocenters. The number of benzene rings is 3. The summed E-state index contributed by atoms with van der Waals surface area (Å²) < 4.78 is 5.59. The highest BCUT2D eigenvalue weighted by atomic mass is 79.9. The molecule has 3 aromatic carbocycles. The quantitative estimate of drug-likeness (QED) is 0.431. The summed E-state index contributed by atoms with van der Waals surface area (Å²) in [6.07, 6.45) is 0. The van der Waals surface area contributed by atoms with Crippen LogP contribution < -0.4 is 10.2 Å². The van der Waals surface area contributed by atoms with Gasteiger partial charge in [-0.25, -0.2) is 4.79 Å². The van der Waals surface area contributed by atoms with Crippen molar-refractivity contribution < 1.29 is 14.3 Å². The molecule has 1 fully saturated rings. The highest BCUT2D eigenvalue weighted by Gasteiger charge is 2.22. The number of nitrogens with one attached hydrogen (secondary N) is 1. The number of carbonyl (C=O) groups excluding carboxylic acids is 2. The Bertz CT molecular complexity index is 1140. The number of rotatable bonds is 6. The Kier molecular flexibility index (Phi) is 9.10. The summed E-state index contributed by atoms with van der Waals surface area (Å²) in [6, 6.07) is 23.0. The average molecular weight is 545 g/mol. The van der Waals surface area contributed by atoms with Crippen molar-refractivity contribution in [2.24, 2.45) is 0 Å². The molecule has 0 saturated carbocycles. The maximum atomic E-state index is 13.0. The number of carbonyl (C=O) groups is 2. The van der Waals surface area contributed by atoms with Gasteiger partial charge in [0, 0.05) is 37.2 Å². The van der Waals surface area contributed by atoms with E-state index in [1.165, 1.54) is 12.7 Å². The maximum Gasteiger partial charge on any atom is 0.337 e. The van der Waals surface area contributed by atoms with Crippen molar-refractivity contribution >= 4 is 51.6 Å². The van der Waals surface area contributed by atoms with E-state index in [0.717, 1.165) is 38.4 Å². The van der Waals surface area contributed by atoms with Crippen LogP contribution in [0.1, 0.15) is 26.3 Å². The Balaban J connectivity index is 0.00000324. The molecule has 1 heterocycles. The zero-order valence-electron chi connectivity index (χ0n) is 18.9. The van der Waals surface area contributed by atoms with Crippen LogP contribution in [0.5, 0.6) is 0 Å². The second-order valence-corrected chi connectivity index (χ2v) is 8.76. The molecule has 6 nitrogen and oxygen atoms in total. The fourth-order valence-electron chi connectivity index (χ4n) is 3.98. The second-order valence-electron chi connectivity index (χ2n) is 7.91. The number of halogens is 2. The van der Waals surface area contributed by atoms with Crippen molar-refractivity contribution in [2.75, 3.05) is 43.5 Å². The topological polar surface area (TPSA) is 61.9 Å². The third-order valence-corrected chi connectivity index (χ3v) is 6.44. The summed E-state index contributed by atoms with van der Waals surface area (Å²) in [5.41, 5.74) is 3.71. The van der Waals surface area contributed by atoms with E-state index in [0.29, 0.717) is 21.3 Å². The standard InChI is InChI=1S/C26H26BrN3O3.ClH/c1-33-26(32)20-11-12-24(23(17-20)28-25(31)21-9-5-6-10-22(21)27)30-15-13-29(14-16-30)18-19-7-3-2-4-8-19;/h2-12,17H,13-16,18H2,1H3,(H,28,31);1H. The molecule has 1 saturated heterocycles. The Hall–Kier alpha value is -2.87. The normalized spacial score (nSPS) is 13.6. The Morgan fingerprint density at radius 3 is 2.29 bits per heavy atom. The first-order valence-electron chi connectivity index (χ1n) is 10.8. The summed E-state index contributed by atoms with van der Waals surface area (Å²) in [5.74, 6) is -0.681. The van der Waals surface area contributed by atoms with E-state index in [1.54, 1.807) is 18.2 Å². The van der Waals surface area contributed by atoms with E-state index in [9.17, 15) is 9.59 Å². The molecule has 0 aromatic heterocycles. The van der Waals surface area contributed by atoms with Crippen LogP contribution in [0.25, 0.3) is 0 Å². The minimum atomic E-state index is -0.439. The van der Waals surface area contributed by atoms with E-state index in [4.69, 9.17) is 4.74 Å². The second kappa shape index (κ2) is 12.0. The predicted octanol–water partition coefficient (Wildman–Crippen LogP) is 5.23. The van der Waals surface area contributed by atoms with Gasteiger partial charge in [-0.3, -0.25) is 9.69 Å². The van der Waals surface area contributed by atoms with Gasteiger partial charge < -0.3 is 15.0 Å². The highest BCUT2D eigenvalue weighted by molar-refractivity contribution is 9.10. The van der Waals surface area contributed by atoms with Gasteiger partial charge in [0.1, 0.15) is 0 Å². The zero-order valence-corrected chi connectivity index (χ0v) is 21.3. The maximum absolute atomic E-state index is 13.0. The molecule has 1 N–H and O–H groups in total. The fraction of sp³-hybridized carbons (Fsp3) is 0.231. The monoisotopic (exact) mass is 543 g/mol. The Labute approximate surface area is 214 Å². The van der Waals surface area contributed by atoms with Crippen LogP contribution in [-0.2, 0) is 11.3 Å². The van der Waals surface area contributed by atoms with Crippen LogP contribution in [0.15, 0.2) is 77.3 Å². The lowest BCUT2D eigenvalue weighted by molar-refractivity contribution is 0.0600. The molecular weight excluding hydrogens is 518 g/mol. The summed E-state index contributed by atoms with van der Waals surface area (Å²) in [5, 5.41) is 3.00. The van der Waals surface area contributed by atoms with E-state index in [1.807, 2.05) is 30.3 Å². The Morgan fingerprint density at radius 2 is 1.62 bits per heavy atom. The summed E-state index contributed by atoms with van der Waals surface area (Å²) in [7, 11) is 1.35. The van der Waals surface area contributed by atoms with Gasteiger partial charge in [-0.15, -0.1) is 12.4 Å². The first-order chi connectivity index (χ1) is 16.0. The first-order valence-corrected chi connectivity index (χ1v) is 11.6. The van der Waals surface area contributed by atoms with Crippen molar-refractivity contribution in [3.05, 3.63) is 94.0 Å². The van der Waals surface area contributed by atoms with Crippen LogP contribution in [0.2, 0.25) is 0 Å². The molecule has 0 aliphatic carbocycles. The van der Waals surface area contributed by atoms with Crippen LogP contribution in [0, 0.1) is 0 Å². The summed E-state index contributed by atoms with van der Waals surface area (Å²) >= 11 is 3.44. The molecule has 3 aromatic rings. The van der Waals surface area contributed by atoms with Gasteiger partial charge in [-0.05, 0) is 51.8 Å². The number of amides is 1. The van der Waals surface area contributed by atoms with Crippen molar-refractivity contribution in [1.82, 2.24) is 4.90 Å². The Morgan fingerprint density at radius 1 is 0.941 bits per heavy atom. The highest BCUT2D eigenvalue weighted by Crippen LogP contribution is 2.30. The number of methoxy groups -OCH3 is 1. The molecule has 8 heteroatoms. The van der Waals surface area contributed by atoms with E-state index in [-0.39, 0.29) is 18.3 Å². The smallest absolute Gasteiger partial charge is 0.337 e. The molecule has 0 spiro atoms. The van der Waals surface area contributed by atoms with E-state index < -0.39 is 5.97 Å². The third kappa shape index (κ3) is 6.17. The van der Waals surface area contributed by atoms with Gasteiger partial charge in [-0.2, -0.15) is 0 Å². The lowest BCUT2D eigenvalue weighted by atomic mass is 10.1.